The average Bonchev–Trinajstić information content (AvgIpc) is 2.17. The summed E-state index contributed by atoms with van der Waals surface area (Å²) in [6.45, 7) is 0. The Bertz CT molecular complexity index is 427. The van der Waals surface area contributed by atoms with Gasteiger partial charge >= 0.3 is 0 Å². The van der Waals surface area contributed by atoms with Gasteiger partial charge in [-0.1, -0.05) is 0 Å². The van der Waals surface area contributed by atoms with Crippen LogP contribution in [0.1, 0.15) is 0 Å². The van der Waals surface area contributed by atoms with E-state index in [1.54, 1.807) is 6.07 Å². The van der Waals surface area contributed by atoms with Gasteiger partial charge in [0.2, 0.25) is 0 Å². The van der Waals surface area contributed by atoms with Gasteiger partial charge in [0.05, 0.1) is 22.7 Å². The van der Waals surface area contributed by atoms with Crippen LogP contribution in [0.2, 0.25) is 0 Å². The molecule has 1 aromatic carbocycles. The smallest absolute Gasteiger partial charge is 0.296 e. The van der Waals surface area contributed by atoms with Crippen LogP contribution in [0.3, 0.4) is 0 Å². The van der Waals surface area contributed by atoms with Crippen LogP contribution in [0, 0.1) is 3.57 Å². The standard InChI is InChI=1S/C8H9IO4S/c1-12-8-4-3-6(5-7(8)9)14(10,11)13-2/h3-5H,1-2H3. The molecule has 0 aliphatic heterocycles. The van der Waals surface area contributed by atoms with Crippen molar-refractivity contribution in [1.29, 1.82) is 0 Å². The van der Waals surface area contributed by atoms with Gasteiger partial charge in [0.25, 0.3) is 10.1 Å². The van der Waals surface area contributed by atoms with Crippen molar-refractivity contribution in [3.05, 3.63) is 21.8 Å². The molecule has 1 rings (SSSR count). The molecule has 0 fully saturated rings. The maximum absolute atomic E-state index is 11.3. The van der Waals surface area contributed by atoms with Crippen molar-refractivity contribution in [3.8, 4) is 5.75 Å². The van der Waals surface area contributed by atoms with Crippen LogP contribution in [0.4, 0.5) is 0 Å². The highest BCUT2D eigenvalue weighted by molar-refractivity contribution is 14.1. The van der Waals surface area contributed by atoms with Gasteiger partial charge in [-0.3, -0.25) is 4.18 Å². The fraction of sp³-hybridized carbons (Fsp3) is 0.250. The number of halogens is 1. The van der Waals surface area contributed by atoms with Gasteiger partial charge in [0.15, 0.2) is 0 Å². The Hall–Kier alpha value is -0.340. The quantitative estimate of drug-likeness (QED) is 0.625. The van der Waals surface area contributed by atoms with Crippen LogP contribution in [0.25, 0.3) is 0 Å². The second-order valence-corrected chi connectivity index (χ2v) is 5.29. The van der Waals surface area contributed by atoms with Gasteiger partial charge in [0, 0.05) is 0 Å². The highest BCUT2D eigenvalue weighted by Gasteiger charge is 2.14. The Morgan fingerprint density at radius 3 is 2.36 bits per heavy atom. The van der Waals surface area contributed by atoms with Gasteiger partial charge in [0.1, 0.15) is 5.75 Å². The van der Waals surface area contributed by atoms with E-state index >= 15 is 0 Å². The molecule has 0 heterocycles. The summed E-state index contributed by atoms with van der Waals surface area (Å²) in [7, 11) is -0.945. The molecule has 6 heteroatoms. The molecule has 0 radical (unpaired) electrons. The molecule has 4 nitrogen and oxygen atoms in total. The Kier molecular flexibility index (Phi) is 3.73. The van der Waals surface area contributed by atoms with Gasteiger partial charge in [-0.25, -0.2) is 0 Å². The Morgan fingerprint density at radius 2 is 1.93 bits per heavy atom. The lowest BCUT2D eigenvalue weighted by atomic mass is 10.3. The van der Waals surface area contributed by atoms with E-state index in [0.717, 1.165) is 10.7 Å². The minimum absolute atomic E-state index is 0.130. The summed E-state index contributed by atoms with van der Waals surface area (Å²) in [6, 6.07) is 4.53. The number of hydrogen-bond acceptors (Lipinski definition) is 4. The molecule has 0 spiro atoms. The zero-order chi connectivity index (χ0) is 10.8. The van der Waals surface area contributed by atoms with Crippen molar-refractivity contribution in [2.24, 2.45) is 0 Å². The Balaban J connectivity index is 3.22. The lowest BCUT2D eigenvalue weighted by molar-refractivity contribution is 0.396. The van der Waals surface area contributed by atoms with E-state index in [2.05, 4.69) is 4.18 Å². The van der Waals surface area contributed by atoms with Gasteiger partial charge in [-0.15, -0.1) is 0 Å². The van der Waals surface area contributed by atoms with E-state index in [1.165, 1.54) is 19.2 Å². The van der Waals surface area contributed by atoms with E-state index in [-0.39, 0.29) is 4.90 Å². The van der Waals surface area contributed by atoms with E-state index in [1.807, 2.05) is 22.6 Å². The summed E-state index contributed by atoms with van der Waals surface area (Å²) in [6.07, 6.45) is 0. The SMILES string of the molecule is COc1ccc(S(=O)(=O)OC)cc1I. The third-order valence-corrected chi connectivity index (χ3v) is 3.74. The van der Waals surface area contributed by atoms with Crippen LogP contribution >= 0.6 is 22.6 Å². The van der Waals surface area contributed by atoms with Crippen LogP contribution in [0.5, 0.6) is 5.75 Å². The van der Waals surface area contributed by atoms with Crippen LogP contribution in [-0.2, 0) is 14.3 Å². The van der Waals surface area contributed by atoms with Gasteiger partial charge in [-0.05, 0) is 40.8 Å². The molecule has 0 saturated carbocycles. The molecular weight excluding hydrogens is 319 g/mol. The topological polar surface area (TPSA) is 52.6 Å². The zero-order valence-electron chi connectivity index (χ0n) is 7.65. The molecule has 0 bridgehead atoms. The zero-order valence-corrected chi connectivity index (χ0v) is 10.6. The minimum atomic E-state index is -3.61. The van der Waals surface area contributed by atoms with Crippen molar-refractivity contribution < 1.29 is 17.3 Å². The first-order chi connectivity index (χ1) is 6.51. The highest BCUT2D eigenvalue weighted by atomic mass is 127. The summed E-state index contributed by atoms with van der Waals surface area (Å²) >= 11 is 2.00. The first-order valence-corrected chi connectivity index (χ1v) is 6.14. The van der Waals surface area contributed by atoms with Crippen molar-refractivity contribution in [3.63, 3.8) is 0 Å². The van der Waals surface area contributed by atoms with Crippen LogP contribution in [0.15, 0.2) is 23.1 Å². The normalized spacial score (nSPS) is 11.4. The molecule has 0 aliphatic carbocycles. The predicted molar refractivity (Wildman–Crippen MR) is 59.9 cm³/mol. The average molecular weight is 328 g/mol. The summed E-state index contributed by atoms with van der Waals surface area (Å²) in [5, 5.41) is 0. The molecule has 1 aromatic rings. The van der Waals surface area contributed by atoms with Crippen molar-refractivity contribution in [2.75, 3.05) is 14.2 Å². The number of methoxy groups -OCH3 is 1. The van der Waals surface area contributed by atoms with Crippen LogP contribution < -0.4 is 4.74 Å². The Labute approximate surface area is 96.5 Å². The molecule has 0 amide bonds. The molecule has 0 aliphatic rings. The molecular formula is C8H9IO4S. The third-order valence-electron chi connectivity index (χ3n) is 1.63. The largest absolute Gasteiger partial charge is 0.496 e. The number of hydrogen-bond donors (Lipinski definition) is 0. The summed E-state index contributed by atoms with van der Waals surface area (Å²) < 4.78 is 32.7. The van der Waals surface area contributed by atoms with E-state index in [9.17, 15) is 8.42 Å². The first kappa shape index (κ1) is 11.7. The molecule has 0 saturated heterocycles. The van der Waals surface area contributed by atoms with Crippen molar-refractivity contribution in [1.82, 2.24) is 0 Å². The number of benzene rings is 1. The molecule has 14 heavy (non-hydrogen) atoms. The lowest BCUT2D eigenvalue weighted by Crippen LogP contribution is -2.03. The highest BCUT2D eigenvalue weighted by Crippen LogP contribution is 2.24. The molecule has 78 valence electrons. The maximum atomic E-state index is 11.3. The van der Waals surface area contributed by atoms with Crippen LogP contribution in [-0.4, -0.2) is 22.6 Å². The second-order valence-electron chi connectivity index (χ2n) is 2.42. The van der Waals surface area contributed by atoms with Crippen molar-refractivity contribution in [2.45, 2.75) is 4.90 Å². The predicted octanol–water partition coefficient (Wildman–Crippen LogP) is 1.63. The van der Waals surface area contributed by atoms with Crippen molar-refractivity contribution >= 4 is 32.7 Å². The summed E-state index contributed by atoms with van der Waals surface area (Å²) in [5.74, 6) is 0.639. The van der Waals surface area contributed by atoms with Gasteiger partial charge < -0.3 is 4.74 Å². The molecule has 0 unspecified atom stereocenters. The number of ether oxygens (including phenoxy) is 1. The van der Waals surface area contributed by atoms with E-state index < -0.39 is 10.1 Å². The monoisotopic (exact) mass is 328 g/mol. The Morgan fingerprint density at radius 1 is 1.29 bits per heavy atom. The molecule has 0 N–H and O–H groups in total. The van der Waals surface area contributed by atoms with Gasteiger partial charge in [-0.2, -0.15) is 8.42 Å². The summed E-state index contributed by atoms with van der Waals surface area (Å²) in [5.41, 5.74) is 0. The third kappa shape index (κ3) is 2.37. The maximum Gasteiger partial charge on any atom is 0.296 e. The fourth-order valence-corrected chi connectivity index (χ4v) is 2.53. The minimum Gasteiger partial charge on any atom is -0.496 e. The molecule has 0 atom stereocenters. The molecule has 0 aromatic heterocycles. The summed E-state index contributed by atoms with van der Waals surface area (Å²) in [4.78, 5) is 0.130. The lowest BCUT2D eigenvalue weighted by Gasteiger charge is -2.05. The number of rotatable bonds is 3. The first-order valence-electron chi connectivity index (χ1n) is 3.65. The second kappa shape index (κ2) is 4.45. The fourth-order valence-electron chi connectivity index (χ4n) is 0.899. The van der Waals surface area contributed by atoms with E-state index in [0.29, 0.717) is 5.75 Å². The van der Waals surface area contributed by atoms with E-state index in [4.69, 9.17) is 4.74 Å².